The molecule has 1 aromatic carbocycles. The highest BCUT2D eigenvalue weighted by atomic mass is 16.5. The van der Waals surface area contributed by atoms with E-state index in [9.17, 15) is 4.79 Å². The average Bonchev–Trinajstić information content (AvgIpc) is 2.48. The van der Waals surface area contributed by atoms with Gasteiger partial charge in [0.05, 0.1) is 11.6 Å². The van der Waals surface area contributed by atoms with E-state index in [0.717, 1.165) is 0 Å². The van der Waals surface area contributed by atoms with Crippen LogP contribution in [-0.2, 0) is 9.53 Å². The van der Waals surface area contributed by atoms with Gasteiger partial charge in [0.15, 0.2) is 0 Å². The fourth-order valence-electron chi connectivity index (χ4n) is 2.60. The molecule has 116 valence electrons. The van der Waals surface area contributed by atoms with Crippen molar-refractivity contribution in [2.75, 3.05) is 33.9 Å². The number of benzene rings is 1. The Balaban J connectivity index is 1.97. The SMILES string of the molecule is CN(C)C(CNC(=O)C1(N)CCOCC1)c1ccccc1. The van der Waals surface area contributed by atoms with Gasteiger partial charge in [-0.2, -0.15) is 0 Å². The first kappa shape index (κ1) is 15.9. The van der Waals surface area contributed by atoms with E-state index in [1.54, 1.807) is 0 Å². The van der Waals surface area contributed by atoms with Gasteiger partial charge < -0.3 is 20.7 Å². The molecule has 2 rings (SSSR count). The molecule has 1 unspecified atom stereocenters. The molecule has 0 radical (unpaired) electrons. The standard InChI is InChI=1S/C16H25N3O2/c1-19(2)14(13-6-4-3-5-7-13)12-18-15(20)16(17)8-10-21-11-9-16/h3-7,14H,8-12,17H2,1-2H3,(H,18,20). The molecular formula is C16H25N3O2. The lowest BCUT2D eigenvalue weighted by molar-refractivity contribution is -0.130. The summed E-state index contributed by atoms with van der Waals surface area (Å²) in [6.45, 7) is 1.66. The van der Waals surface area contributed by atoms with Gasteiger partial charge in [-0.1, -0.05) is 30.3 Å². The smallest absolute Gasteiger partial charge is 0.240 e. The van der Waals surface area contributed by atoms with Gasteiger partial charge in [-0.15, -0.1) is 0 Å². The molecule has 5 heteroatoms. The van der Waals surface area contributed by atoms with Gasteiger partial charge >= 0.3 is 0 Å². The molecule has 0 bridgehead atoms. The first-order valence-corrected chi connectivity index (χ1v) is 7.39. The van der Waals surface area contributed by atoms with Crippen molar-refractivity contribution in [3.8, 4) is 0 Å². The molecule has 21 heavy (non-hydrogen) atoms. The van der Waals surface area contributed by atoms with E-state index in [1.165, 1.54) is 5.56 Å². The maximum absolute atomic E-state index is 12.4. The normalized spacial score (nSPS) is 19.2. The molecule has 3 N–H and O–H groups in total. The van der Waals surface area contributed by atoms with Crippen LogP contribution in [0.2, 0.25) is 0 Å². The average molecular weight is 291 g/mol. The van der Waals surface area contributed by atoms with Gasteiger partial charge in [-0.25, -0.2) is 0 Å². The summed E-state index contributed by atoms with van der Waals surface area (Å²) in [5.41, 5.74) is 6.59. The number of hydrogen-bond acceptors (Lipinski definition) is 4. The third-order valence-corrected chi connectivity index (χ3v) is 4.10. The van der Waals surface area contributed by atoms with E-state index in [4.69, 9.17) is 10.5 Å². The van der Waals surface area contributed by atoms with Gasteiger partial charge in [-0.05, 0) is 32.5 Å². The summed E-state index contributed by atoms with van der Waals surface area (Å²) < 4.78 is 5.28. The number of likely N-dealkylation sites (N-methyl/N-ethyl adjacent to an activating group) is 1. The van der Waals surface area contributed by atoms with Crippen molar-refractivity contribution >= 4 is 5.91 Å². The predicted octanol–water partition coefficient (Wildman–Crippen LogP) is 0.913. The van der Waals surface area contributed by atoms with E-state index >= 15 is 0 Å². The van der Waals surface area contributed by atoms with Crippen molar-refractivity contribution in [3.63, 3.8) is 0 Å². The molecular weight excluding hydrogens is 266 g/mol. The number of amides is 1. The maximum Gasteiger partial charge on any atom is 0.240 e. The Kier molecular flexibility index (Phi) is 5.33. The molecule has 1 atom stereocenters. The van der Waals surface area contributed by atoms with E-state index in [2.05, 4.69) is 22.3 Å². The molecule has 1 aliphatic rings. The molecule has 1 heterocycles. The monoisotopic (exact) mass is 291 g/mol. The first-order valence-electron chi connectivity index (χ1n) is 7.39. The lowest BCUT2D eigenvalue weighted by atomic mass is 9.90. The molecule has 0 saturated carbocycles. The van der Waals surface area contributed by atoms with Gasteiger partial charge in [0.25, 0.3) is 0 Å². The number of carbonyl (C=O) groups is 1. The highest BCUT2D eigenvalue weighted by Crippen LogP contribution is 2.20. The maximum atomic E-state index is 12.4. The Labute approximate surface area is 126 Å². The Hall–Kier alpha value is -1.43. The zero-order valence-corrected chi connectivity index (χ0v) is 12.8. The van der Waals surface area contributed by atoms with E-state index < -0.39 is 5.54 Å². The topological polar surface area (TPSA) is 67.6 Å². The second kappa shape index (κ2) is 7.02. The van der Waals surface area contributed by atoms with Crippen molar-refractivity contribution in [2.45, 2.75) is 24.4 Å². The van der Waals surface area contributed by atoms with Gasteiger partial charge in [-0.3, -0.25) is 4.79 Å². The summed E-state index contributed by atoms with van der Waals surface area (Å²) in [7, 11) is 4.02. The molecule has 1 aromatic rings. The number of carbonyl (C=O) groups excluding carboxylic acids is 1. The molecule has 5 nitrogen and oxygen atoms in total. The number of nitrogens with one attached hydrogen (secondary N) is 1. The summed E-state index contributed by atoms with van der Waals surface area (Å²) in [6, 6.07) is 10.3. The quantitative estimate of drug-likeness (QED) is 0.846. The third kappa shape index (κ3) is 4.03. The van der Waals surface area contributed by atoms with E-state index in [0.29, 0.717) is 32.6 Å². The minimum atomic E-state index is -0.786. The minimum absolute atomic E-state index is 0.0754. The van der Waals surface area contributed by atoms with Crippen LogP contribution in [0.15, 0.2) is 30.3 Å². The van der Waals surface area contributed by atoms with Crippen molar-refractivity contribution in [1.29, 1.82) is 0 Å². The highest BCUT2D eigenvalue weighted by molar-refractivity contribution is 5.86. The lowest BCUT2D eigenvalue weighted by Crippen LogP contribution is -2.57. The Morgan fingerprint density at radius 1 is 1.33 bits per heavy atom. The van der Waals surface area contributed by atoms with Crippen molar-refractivity contribution in [1.82, 2.24) is 10.2 Å². The van der Waals surface area contributed by atoms with Crippen molar-refractivity contribution in [3.05, 3.63) is 35.9 Å². The van der Waals surface area contributed by atoms with Crippen LogP contribution >= 0.6 is 0 Å². The zero-order chi connectivity index (χ0) is 15.3. The van der Waals surface area contributed by atoms with Crippen molar-refractivity contribution in [2.24, 2.45) is 5.73 Å². The number of hydrogen-bond donors (Lipinski definition) is 2. The molecule has 1 amide bonds. The highest BCUT2D eigenvalue weighted by Gasteiger charge is 2.36. The molecule has 0 spiro atoms. The summed E-state index contributed by atoms with van der Waals surface area (Å²) in [5.74, 6) is -0.0754. The van der Waals surface area contributed by atoms with Crippen LogP contribution in [0.3, 0.4) is 0 Å². The largest absolute Gasteiger partial charge is 0.381 e. The number of rotatable bonds is 5. The second-order valence-electron chi connectivity index (χ2n) is 5.87. The van der Waals surface area contributed by atoms with Crippen LogP contribution in [0.1, 0.15) is 24.4 Å². The third-order valence-electron chi connectivity index (χ3n) is 4.10. The molecule has 1 aliphatic heterocycles. The predicted molar refractivity (Wildman–Crippen MR) is 82.9 cm³/mol. The minimum Gasteiger partial charge on any atom is -0.381 e. The number of nitrogens with two attached hydrogens (primary N) is 1. The first-order chi connectivity index (χ1) is 10.0. The Bertz CT molecular complexity index is 456. The molecule has 0 aromatic heterocycles. The number of ether oxygens (including phenoxy) is 1. The lowest BCUT2D eigenvalue weighted by Gasteiger charge is -2.33. The van der Waals surface area contributed by atoms with E-state index in [-0.39, 0.29) is 11.9 Å². The van der Waals surface area contributed by atoms with Crippen LogP contribution in [0, 0.1) is 0 Å². The van der Waals surface area contributed by atoms with Crippen LogP contribution in [0.5, 0.6) is 0 Å². The molecule has 1 saturated heterocycles. The van der Waals surface area contributed by atoms with Crippen LogP contribution < -0.4 is 11.1 Å². The fraction of sp³-hybridized carbons (Fsp3) is 0.562. The van der Waals surface area contributed by atoms with Gasteiger partial charge in [0.1, 0.15) is 0 Å². The second-order valence-corrected chi connectivity index (χ2v) is 5.87. The Morgan fingerprint density at radius 2 is 1.95 bits per heavy atom. The van der Waals surface area contributed by atoms with Crippen LogP contribution in [-0.4, -0.2) is 50.2 Å². The van der Waals surface area contributed by atoms with Crippen LogP contribution in [0.25, 0.3) is 0 Å². The zero-order valence-electron chi connectivity index (χ0n) is 12.8. The Morgan fingerprint density at radius 3 is 2.52 bits per heavy atom. The van der Waals surface area contributed by atoms with Crippen molar-refractivity contribution < 1.29 is 9.53 Å². The van der Waals surface area contributed by atoms with Crippen LogP contribution in [0.4, 0.5) is 0 Å². The van der Waals surface area contributed by atoms with Gasteiger partial charge in [0.2, 0.25) is 5.91 Å². The number of nitrogens with zero attached hydrogens (tertiary/aromatic N) is 1. The van der Waals surface area contributed by atoms with E-state index in [1.807, 2.05) is 32.3 Å². The fourth-order valence-corrected chi connectivity index (χ4v) is 2.60. The summed E-state index contributed by atoms with van der Waals surface area (Å²) >= 11 is 0. The summed E-state index contributed by atoms with van der Waals surface area (Å²) in [6.07, 6.45) is 1.16. The van der Waals surface area contributed by atoms with Gasteiger partial charge in [0, 0.05) is 19.8 Å². The molecule has 1 fully saturated rings. The summed E-state index contributed by atoms with van der Waals surface area (Å²) in [4.78, 5) is 14.5. The summed E-state index contributed by atoms with van der Waals surface area (Å²) in [5, 5.41) is 3.01. The molecule has 0 aliphatic carbocycles.